The van der Waals surface area contributed by atoms with Crippen molar-refractivity contribution in [3.63, 3.8) is 0 Å². The molecule has 2 N–H and O–H groups in total. The van der Waals surface area contributed by atoms with E-state index < -0.39 is 9.84 Å². The first-order valence-corrected chi connectivity index (χ1v) is 9.18. The van der Waals surface area contributed by atoms with E-state index in [1.165, 1.54) is 6.20 Å². The van der Waals surface area contributed by atoms with Gasteiger partial charge in [0.25, 0.3) is 0 Å². The minimum atomic E-state index is -3.05. The summed E-state index contributed by atoms with van der Waals surface area (Å²) < 4.78 is 23.9. The van der Waals surface area contributed by atoms with Gasteiger partial charge in [0, 0.05) is 19.0 Å². The molecular weight excluding hydrogens is 416 g/mol. The van der Waals surface area contributed by atoms with Gasteiger partial charge in [-0.25, -0.2) is 18.4 Å². The van der Waals surface area contributed by atoms with E-state index >= 15 is 0 Å². The predicted molar refractivity (Wildman–Crippen MR) is 81.1 cm³/mol. The first-order valence-electron chi connectivity index (χ1n) is 5.77. The average Bonchev–Trinajstić information content (AvgIpc) is 2.31. The van der Waals surface area contributed by atoms with Gasteiger partial charge in [-0.1, -0.05) is 0 Å². The van der Waals surface area contributed by atoms with E-state index in [0.717, 1.165) is 0 Å². The smallest absolute Gasteiger partial charge is 0.227 e. The van der Waals surface area contributed by atoms with Crippen molar-refractivity contribution in [2.45, 2.75) is 12.5 Å². The molecule has 1 fully saturated rings. The molecule has 0 aromatic carbocycles. The number of anilines is 1. The zero-order chi connectivity index (χ0) is 14.8. The number of amides is 1. The molecule has 0 saturated carbocycles. The van der Waals surface area contributed by atoms with Gasteiger partial charge >= 0.3 is 0 Å². The summed E-state index contributed by atoms with van der Waals surface area (Å²) in [5.74, 6) is 0.0939. The number of sulfone groups is 1. The Morgan fingerprint density at radius 1 is 1.50 bits per heavy atom. The van der Waals surface area contributed by atoms with Gasteiger partial charge in [0.1, 0.15) is 9.21 Å². The number of rotatable bonds is 3. The van der Waals surface area contributed by atoms with Gasteiger partial charge < -0.3 is 10.6 Å². The molecule has 0 spiro atoms. The number of halogens is 2. The highest BCUT2D eigenvalue weighted by atomic mass is 79.9. The second kappa shape index (κ2) is 6.46. The van der Waals surface area contributed by atoms with E-state index in [9.17, 15) is 13.2 Å². The Kier molecular flexibility index (Phi) is 5.10. The van der Waals surface area contributed by atoms with Crippen LogP contribution < -0.4 is 10.6 Å². The van der Waals surface area contributed by atoms with E-state index in [4.69, 9.17) is 0 Å². The molecule has 7 nitrogen and oxygen atoms in total. The molecule has 0 aliphatic carbocycles. The van der Waals surface area contributed by atoms with Crippen molar-refractivity contribution in [2.24, 2.45) is 0 Å². The lowest BCUT2D eigenvalue weighted by molar-refractivity contribution is -0.116. The molecule has 110 valence electrons. The molecule has 1 aliphatic heterocycles. The Balaban J connectivity index is 1.95. The number of nitrogens with one attached hydrogen (secondary N) is 2. The SMILES string of the molecule is O=C(CC1CS(=O)(=O)CCN1)Nc1ncc(Br)nc1Br. The van der Waals surface area contributed by atoms with Crippen molar-refractivity contribution in [3.8, 4) is 0 Å². The van der Waals surface area contributed by atoms with Crippen LogP contribution in [0.5, 0.6) is 0 Å². The van der Waals surface area contributed by atoms with Crippen LogP contribution in [-0.4, -0.2) is 48.4 Å². The van der Waals surface area contributed by atoms with Crippen molar-refractivity contribution >= 4 is 53.4 Å². The van der Waals surface area contributed by atoms with Crippen LogP contribution in [-0.2, 0) is 14.6 Å². The third kappa shape index (κ3) is 4.47. The van der Waals surface area contributed by atoms with Gasteiger partial charge in [-0.05, 0) is 31.9 Å². The van der Waals surface area contributed by atoms with Crippen molar-refractivity contribution in [3.05, 3.63) is 15.4 Å². The Hall–Kier alpha value is -0.580. The third-order valence-corrected chi connectivity index (χ3v) is 5.36. The largest absolute Gasteiger partial charge is 0.311 e. The number of nitrogens with zero attached hydrogens (tertiary/aromatic N) is 2. The lowest BCUT2D eigenvalue weighted by Crippen LogP contribution is -2.46. The summed E-state index contributed by atoms with van der Waals surface area (Å²) in [6.07, 6.45) is 1.53. The quantitative estimate of drug-likeness (QED) is 0.736. The molecule has 1 aromatic heterocycles. The summed E-state index contributed by atoms with van der Waals surface area (Å²) in [4.78, 5) is 19.9. The minimum absolute atomic E-state index is 0.0202. The molecule has 0 radical (unpaired) electrons. The van der Waals surface area contributed by atoms with E-state index in [1.54, 1.807) is 0 Å². The zero-order valence-electron chi connectivity index (χ0n) is 10.3. The van der Waals surface area contributed by atoms with Crippen LogP contribution in [0.2, 0.25) is 0 Å². The Labute approximate surface area is 133 Å². The third-order valence-electron chi connectivity index (χ3n) is 2.69. The van der Waals surface area contributed by atoms with Crippen LogP contribution in [0.15, 0.2) is 15.4 Å². The molecule has 10 heteroatoms. The highest BCUT2D eigenvalue weighted by Gasteiger charge is 2.26. The van der Waals surface area contributed by atoms with Crippen LogP contribution in [0.4, 0.5) is 5.82 Å². The molecule has 1 saturated heterocycles. The summed E-state index contributed by atoms with van der Waals surface area (Å²) in [5.41, 5.74) is 0. The molecule has 1 aromatic rings. The summed E-state index contributed by atoms with van der Waals surface area (Å²) >= 11 is 6.35. The van der Waals surface area contributed by atoms with Crippen LogP contribution in [0.3, 0.4) is 0 Å². The predicted octanol–water partition coefficient (Wildman–Crippen LogP) is 0.717. The molecule has 1 atom stereocenters. The Morgan fingerprint density at radius 3 is 2.90 bits per heavy atom. The first kappa shape index (κ1) is 15.8. The summed E-state index contributed by atoms with van der Waals surface area (Å²) in [6, 6.07) is -0.365. The van der Waals surface area contributed by atoms with Gasteiger partial charge in [0.15, 0.2) is 15.7 Å². The fraction of sp³-hybridized carbons (Fsp3) is 0.500. The molecule has 1 aliphatic rings. The highest BCUT2D eigenvalue weighted by molar-refractivity contribution is 9.11. The highest BCUT2D eigenvalue weighted by Crippen LogP contribution is 2.19. The van der Waals surface area contributed by atoms with E-state index in [1.807, 2.05) is 0 Å². The van der Waals surface area contributed by atoms with Crippen LogP contribution in [0, 0.1) is 0 Å². The van der Waals surface area contributed by atoms with Crippen molar-refractivity contribution in [2.75, 3.05) is 23.4 Å². The normalized spacial score (nSPS) is 21.4. The summed E-state index contributed by atoms with van der Waals surface area (Å²) in [6.45, 7) is 0.377. The van der Waals surface area contributed by atoms with Gasteiger partial charge in [-0.3, -0.25) is 4.79 Å². The van der Waals surface area contributed by atoms with E-state index in [-0.39, 0.29) is 29.9 Å². The maximum Gasteiger partial charge on any atom is 0.227 e. The van der Waals surface area contributed by atoms with Gasteiger partial charge in [-0.2, -0.15) is 0 Å². The van der Waals surface area contributed by atoms with Crippen molar-refractivity contribution < 1.29 is 13.2 Å². The zero-order valence-corrected chi connectivity index (χ0v) is 14.3. The number of carbonyl (C=O) groups is 1. The summed E-state index contributed by atoms with van der Waals surface area (Å²) in [5, 5.41) is 5.62. The topological polar surface area (TPSA) is 101 Å². The summed E-state index contributed by atoms with van der Waals surface area (Å²) in [7, 11) is -3.05. The lowest BCUT2D eigenvalue weighted by Gasteiger charge is -2.23. The fourth-order valence-electron chi connectivity index (χ4n) is 1.84. The van der Waals surface area contributed by atoms with Gasteiger partial charge in [0.2, 0.25) is 5.91 Å². The monoisotopic (exact) mass is 426 g/mol. The second-order valence-electron chi connectivity index (χ2n) is 4.35. The first-order chi connectivity index (χ1) is 9.35. The molecule has 1 unspecified atom stereocenters. The maximum absolute atomic E-state index is 11.9. The molecule has 1 amide bonds. The van der Waals surface area contributed by atoms with Crippen molar-refractivity contribution in [1.29, 1.82) is 0 Å². The van der Waals surface area contributed by atoms with Gasteiger partial charge in [-0.15, -0.1) is 0 Å². The molecule has 2 rings (SSSR count). The van der Waals surface area contributed by atoms with Crippen molar-refractivity contribution in [1.82, 2.24) is 15.3 Å². The van der Waals surface area contributed by atoms with E-state index in [2.05, 4.69) is 52.5 Å². The lowest BCUT2D eigenvalue weighted by atomic mass is 10.2. The maximum atomic E-state index is 11.9. The number of aromatic nitrogens is 2. The second-order valence-corrected chi connectivity index (χ2v) is 8.14. The molecule has 20 heavy (non-hydrogen) atoms. The Morgan fingerprint density at radius 2 is 2.25 bits per heavy atom. The molecular formula is C10H12Br2N4O3S. The van der Waals surface area contributed by atoms with Crippen LogP contribution in [0.25, 0.3) is 0 Å². The van der Waals surface area contributed by atoms with Crippen LogP contribution >= 0.6 is 31.9 Å². The molecule has 2 heterocycles. The fourth-order valence-corrected chi connectivity index (χ4v) is 4.19. The average molecular weight is 428 g/mol. The standard InChI is InChI=1S/C10H12Br2N4O3S/c11-7-4-14-10(9(12)15-7)16-8(17)3-6-5-20(18,19)2-1-13-6/h4,6,13H,1-3,5H2,(H,14,16,17). The molecule has 0 bridgehead atoms. The number of hydrogen-bond acceptors (Lipinski definition) is 6. The minimum Gasteiger partial charge on any atom is -0.311 e. The van der Waals surface area contributed by atoms with Gasteiger partial charge in [0.05, 0.1) is 17.7 Å². The number of hydrogen-bond donors (Lipinski definition) is 2. The number of carbonyl (C=O) groups excluding carboxylic acids is 1. The Bertz CT molecular complexity index is 623. The van der Waals surface area contributed by atoms with Crippen LogP contribution in [0.1, 0.15) is 6.42 Å². The van der Waals surface area contributed by atoms with E-state index in [0.29, 0.717) is 21.6 Å².